The minimum atomic E-state index is -0.686. The molecule has 1 aliphatic carbocycles. The molecule has 0 unspecified atom stereocenters. The number of piperazine rings is 1. The van der Waals surface area contributed by atoms with E-state index in [4.69, 9.17) is 5.11 Å². The topological polar surface area (TPSA) is 43.8 Å². The van der Waals surface area contributed by atoms with Crippen molar-refractivity contribution in [3.05, 3.63) is 0 Å². The van der Waals surface area contributed by atoms with Crippen LogP contribution < -0.4 is 0 Å². The molecule has 0 aromatic carbocycles. The van der Waals surface area contributed by atoms with Gasteiger partial charge < -0.3 is 10.0 Å². The van der Waals surface area contributed by atoms with Crippen molar-refractivity contribution in [3.63, 3.8) is 0 Å². The van der Waals surface area contributed by atoms with E-state index < -0.39 is 5.97 Å². The first kappa shape index (κ1) is 9.93. The van der Waals surface area contributed by atoms with Crippen LogP contribution in [0.1, 0.15) is 19.3 Å². The lowest BCUT2D eigenvalue weighted by Gasteiger charge is -2.34. The van der Waals surface area contributed by atoms with Crippen LogP contribution in [-0.4, -0.2) is 59.6 Å². The minimum Gasteiger partial charge on any atom is -0.481 e. The molecule has 4 nitrogen and oxygen atoms in total. The Morgan fingerprint density at radius 1 is 1.21 bits per heavy atom. The molecule has 0 radical (unpaired) electrons. The van der Waals surface area contributed by atoms with Crippen molar-refractivity contribution < 1.29 is 9.90 Å². The van der Waals surface area contributed by atoms with Gasteiger partial charge in [0.1, 0.15) is 0 Å². The van der Waals surface area contributed by atoms with E-state index in [9.17, 15) is 4.79 Å². The lowest BCUT2D eigenvalue weighted by molar-refractivity contribution is -0.137. The number of hydrogen-bond donors (Lipinski definition) is 1. The van der Waals surface area contributed by atoms with E-state index in [-0.39, 0.29) is 6.42 Å². The summed E-state index contributed by atoms with van der Waals surface area (Å²) in [7, 11) is 0. The fraction of sp³-hybridized carbons (Fsp3) is 0.900. The summed E-state index contributed by atoms with van der Waals surface area (Å²) in [5.74, 6) is -0.686. The number of aliphatic carboxylic acids is 1. The van der Waals surface area contributed by atoms with Gasteiger partial charge in [-0.2, -0.15) is 0 Å². The van der Waals surface area contributed by atoms with Crippen molar-refractivity contribution in [1.29, 1.82) is 0 Å². The number of nitrogens with zero attached hydrogens (tertiary/aromatic N) is 2. The lowest BCUT2D eigenvalue weighted by atomic mass is 10.3. The van der Waals surface area contributed by atoms with Crippen LogP contribution in [0.15, 0.2) is 0 Å². The molecule has 2 rings (SSSR count). The van der Waals surface area contributed by atoms with Crippen molar-refractivity contribution in [2.24, 2.45) is 0 Å². The Labute approximate surface area is 84.5 Å². The number of rotatable bonds is 4. The normalized spacial score (nSPS) is 25.1. The summed E-state index contributed by atoms with van der Waals surface area (Å²) in [6.07, 6.45) is 3.02. The van der Waals surface area contributed by atoms with Gasteiger partial charge in [0.25, 0.3) is 0 Å². The van der Waals surface area contributed by atoms with Gasteiger partial charge in [-0.1, -0.05) is 0 Å². The second-order valence-electron chi connectivity index (χ2n) is 4.25. The van der Waals surface area contributed by atoms with Gasteiger partial charge in [-0.25, -0.2) is 0 Å². The highest BCUT2D eigenvalue weighted by molar-refractivity contribution is 5.66. The smallest absolute Gasteiger partial charge is 0.304 e. The zero-order valence-electron chi connectivity index (χ0n) is 8.48. The van der Waals surface area contributed by atoms with Crippen LogP contribution >= 0.6 is 0 Å². The first-order valence-electron chi connectivity index (χ1n) is 5.44. The van der Waals surface area contributed by atoms with E-state index in [2.05, 4.69) is 9.80 Å². The lowest BCUT2D eigenvalue weighted by Crippen LogP contribution is -2.47. The summed E-state index contributed by atoms with van der Waals surface area (Å²) in [5, 5.41) is 8.56. The molecule has 14 heavy (non-hydrogen) atoms. The second-order valence-corrected chi connectivity index (χ2v) is 4.25. The summed E-state index contributed by atoms with van der Waals surface area (Å²) < 4.78 is 0. The summed E-state index contributed by atoms with van der Waals surface area (Å²) in [4.78, 5) is 15.2. The standard InChI is InChI=1S/C10H18N2O2/c13-10(14)3-4-11-5-7-12(8-6-11)9-1-2-9/h9H,1-8H2,(H,13,14). The molecule has 0 atom stereocenters. The first-order chi connectivity index (χ1) is 6.75. The maximum Gasteiger partial charge on any atom is 0.304 e. The highest BCUT2D eigenvalue weighted by Crippen LogP contribution is 2.27. The quantitative estimate of drug-likeness (QED) is 0.703. The average molecular weight is 198 g/mol. The van der Waals surface area contributed by atoms with Gasteiger partial charge in [-0.05, 0) is 12.8 Å². The van der Waals surface area contributed by atoms with Gasteiger partial charge in [0.15, 0.2) is 0 Å². The molecule has 2 aliphatic rings. The summed E-state index contributed by atoms with van der Waals surface area (Å²) >= 11 is 0. The van der Waals surface area contributed by atoms with Crippen molar-refractivity contribution in [1.82, 2.24) is 9.80 Å². The number of hydrogen-bond acceptors (Lipinski definition) is 3. The largest absolute Gasteiger partial charge is 0.481 e. The Kier molecular flexibility index (Phi) is 3.03. The molecule has 0 amide bonds. The second kappa shape index (κ2) is 4.28. The number of carbonyl (C=O) groups is 1. The predicted octanol–water partition coefficient (Wildman–Crippen LogP) is 0.241. The molecule has 1 aliphatic heterocycles. The fourth-order valence-corrected chi connectivity index (χ4v) is 2.05. The highest BCUT2D eigenvalue weighted by atomic mass is 16.4. The molecule has 1 saturated carbocycles. The predicted molar refractivity (Wildman–Crippen MR) is 53.3 cm³/mol. The van der Waals surface area contributed by atoms with E-state index in [1.807, 2.05) is 0 Å². The summed E-state index contributed by atoms with van der Waals surface area (Å²) in [5.41, 5.74) is 0. The Balaban J connectivity index is 1.64. The molecule has 0 bridgehead atoms. The SMILES string of the molecule is O=C(O)CCN1CCN(C2CC2)CC1. The molecule has 0 aromatic heterocycles. The molecule has 0 aromatic rings. The van der Waals surface area contributed by atoms with E-state index >= 15 is 0 Å². The Morgan fingerprint density at radius 3 is 2.36 bits per heavy atom. The van der Waals surface area contributed by atoms with Crippen LogP contribution in [0.3, 0.4) is 0 Å². The molecule has 4 heteroatoms. The average Bonchev–Trinajstić information content (AvgIpc) is 2.99. The molecular weight excluding hydrogens is 180 g/mol. The molecule has 1 N–H and O–H groups in total. The summed E-state index contributed by atoms with van der Waals surface area (Å²) in [6, 6.07) is 0.858. The Hall–Kier alpha value is -0.610. The summed E-state index contributed by atoms with van der Waals surface area (Å²) in [6.45, 7) is 5.07. The molecule has 0 spiro atoms. The highest BCUT2D eigenvalue weighted by Gasteiger charge is 2.30. The third-order valence-corrected chi connectivity index (χ3v) is 3.11. The minimum absolute atomic E-state index is 0.281. The van der Waals surface area contributed by atoms with Gasteiger partial charge >= 0.3 is 5.97 Å². The Bertz CT molecular complexity index is 208. The maximum absolute atomic E-state index is 10.4. The van der Waals surface area contributed by atoms with E-state index in [0.29, 0.717) is 6.54 Å². The number of carboxylic acid groups (broad SMARTS) is 1. The van der Waals surface area contributed by atoms with Crippen molar-refractivity contribution >= 4 is 5.97 Å². The van der Waals surface area contributed by atoms with Crippen LogP contribution in [0, 0.1) is 0 Å². The number of carboxylic acids is 1. The van der Waals surface area contributed by atoms with Gasteiger partial charge in [-0.15, -0.1) is 0 Å². The third-order valence-electron chi connectivity index (χ3n) is 3.11. The molecular formula is C10H18N2O2. The van der Waals surface area contributed by atoms with Crippen molar-refractivity contribution in [3.8, 4) is 0 Å². The zero-order valence-corrected chi connectivity index (χ0v) is 8.48. The molecule has 2 fully saturated rings. The third kappa shape index (κ3) is 2.69. The van der Waals surface area contributed by atoms with Crippen LogP contribution in [0.25, 0.3) is 0 Å². The van der Waals surface area contributed by atoms with Gasteiger partial charge in [0.2, 0.25) is 0 Å². The monoisotopic (exact) mass is 198 g/mol. The van der Waals surface area contributed by atoms with Crippen molar-refractivity contribution in [2.75, 3.05) is 32.7 Å². The van der Waals surface area contributed by atoms with E-state index in [0.717, 1.165) is 32.2 Å². The maximum atomic E-state index is 10.4. The molecule has 80 valence electrons. The molecule has 1 heterocycles. The zero-order chi connectivity index (χ0) is 9.97. The van der Waals surface area contributed by atoms with Crippen LogP contribution in [-0.2, 0) is 4.79 Å². The van der Waals surface area contributed by atoms with E-state index in [1.54, 1.807) is 0 Å². The first-order valence-corrected chi connectivity index (χ1v) is 5.44. The van der Waals surface area contributed by atoms with Crippen LogP contribution in [0.5, 0.6) is 0 Å². The van der Waals surface area contributed by atoms with Crippen LogP contribution in [0.2, 0.25) is 0 Å². The van der Waals surface area contributed by atoms with Gasteiger partial charge in [-0.3, -0.25) is 9.69 Å². The molecule has 1 saturated heterocycles. The fourth-order valence-electron chi connectivity index (χ4n) is 2.05. The van der Waals surface area contributed by atoms with E-state index in [1.165, 1.54) is 12.8 Å². The van der Waals surface area contributed by atoms with Gasteiger partial charge in [0.05, 0.1) is 6.42 Å². The van der Waals surface area contributed by atoms with Crippen molar-refractivity contribution in [2.45, 2.75) is 25.3 Å². The van der Waals surface area contributed by atoms with Crippen LogP contribution in [0.4, 0.5) is 0 Å². The Morgan fingerprint density at radius 2 is 1.86 bits per heavy atom. The van der Waals surface area contributed by atoms with Gasteiger partial charge in [0, 0.05) is 38.8 Å².